The van der Waals surface area contributed by atoms with E-state index in [2.05, 4.69) is 9.47 Å². The highest BCUT2D eigenvalue weighted by Crippen LogP contribution is 2.05. The molecule has 4 unspecified atom stereocenters. The molecule has 0 fully saturated rings. The summed E-state index contributed by atoms with van der Waals surface area (Å²) in [5.41, 5.74) is 8.58. The molecule has 0 aliphatic carbocycles. The Labute approximate surface area is 127 Å². The third-order valence-corrected chi connectivity index (χ3v) is 2.59. The van der Waals surface area contributed by atoms with Crippen LogP contribution in [0.15, 0.2) is 0 Å². The van der Waals surface area contributed by atoms with Gasteiger partial charge in [-0.25, -0.2) is 9.59 Å². The quantitative estimate of drug-likeness (QED) is 0.230. The van der Waals surface area contributed by atoms with Gasteiger partial charge in [-0.3, -0.25) is 0 Å². The number of carbonyl (C=O) groups is 2. The van der Waals surface area contributed by atoms with E-state index in [9.17, 15) is 19.8 Å². The minimum Gasteiger partial charge on any atom is -0.462 e. The average molecular weight is 324 g/mol. The van der Waals surface area contributed by atoms with Crippen molar-refractivity contribution in [1.82, 2.24) is 0 Å². The molecule has 10 heteroatoms. The van der Waals surface area contributed by atoms with Crippen molar-refractivity contribution in [2.75, 3.05) is 26.4 Å². The monoisotopic (exact) mass is 324 g/mol. The zero-order valence-corrected chi connectivity index (χ0v) is 12.6. The summed E-state index contributed by atoms with van der Waals surface area (Å²) in [6.07, 6.45) is -4.36. The Hall–Kier alpha value is -1.30. The van der Waals surface area contributed by atoms with Crippen molar-refractivity contribution in [2.45, 2.75) is 37.1 Å². The number of esters is 2. The SMILES string of the molecule is CC(N)(CO)COC(=O)C(O)C(O)C(=O)OCC(C)(N)CO. The van der Waals surface area contributed by atoms with Gasteiger partial charge in [-0.1, -0.05) is 0 Å². The highest BCUT2D eigenvalue weighted by Gasteiger charge is 2.35. The standard InChI is InChI=1S/C12H24N2O8/c1-11(13,3-15)5-21-9(19)7(17)8(18)10(20)22-6-12(2,14)4-16/h7-8,15-18H,3-6,13-14H2,1-2H3. The van der Waals surface area contributed by atoms with Gasteiger partial charge in [-0.15, -0.1) is 0 Å². The van der Waals surface area contributed by atoms with Gasteiger partial charge in [-0.2, -0.15) is 0 Å². The number of ether oxygens (including phenoxy) is 2. The van der Waals surface area contributed by atoms with Crippen molar-refractivity contribution in [2.24, 2.45) is 11.5 Å². The van der Waals surface area contributed by atoms with Crippen LogP contribution in [0, 0.1) is 0 Å². The maximum atomic E-state index is 11.5. The number of carbonyl (C=O) groups excluding carboxylic acids is 2. The number of aliphatic hydroxyl groups excluding tert-OH is 4. The summed E-state index contributed by atoms with van der Waals surface area (Å²) in [7, 11) is 0. The minimum absolute atomic E-state index is 0.424. The molecule has 0 saturated carbocycles. The van der Waals surface area contributed by atoms with Gasteiger partial charge in [0.05, 0.1) is 24.3 Å². The van der Waals surface area contributed by atoms with E-state index in [1.807, 2.05) is 0 Å². The van der Waals surface area contributed by atoms with E-state index >= 15 is 0 Å². The highest BCUT2D eigenvalue weighted by molar-refractivity contribution is 5.85. The molecule has 0 radical (unpaired) electrons. The first-order valence-corrected chi connectivity index (χ1v) is 6.44. The van der Waals surface area contributed by atoms with Crippen molar-refractivity contribution in [3.05, 3.63) is 0 Å². The van der Waals surface area contributed by atoms with Crippen LogP contribution in [0.25, 0.3) is 0 Å². The van der Waals surface area contributed by atoms with Crippen LogP contribution in [-0.2, 0) is 19.1 Å². The molecule has 0 saturated heterocycles. The molecule has 0 aromatic carbocycles. The Bertz CT molecular complexity index is 349. The maximum Gasteiger partial charge on any atom is 0.338 e. The van der Waals surface area contributed by atoms with Gasteiger partial charge < -0.3 is 41.4 Å². The molecule has 130 valence electrons. The third-order valence-electron chi connectivity index (χ3n) is 2.59. The molecule has 0 amide bonds. The van der Waals surface area contributed by atoms with Crippen LogP contribution in [0.4, 0.5) is 0 Å². The maximum absolute atomic E-state index is 11.5. The Morgan fingerprint density at radius 2 is 1.18 bits per heavy atom. The predicted molar refractivity (Wildman–Crippen MR) is 73.3 cm³/mol. The van der Waals surface area contributed by atoms with Gasteiger partial charge in [0.15, 0.2) is 12.2 Å². The second-order valence-corrected chi connectivity index (χ2v) is 5.73. The molecule has 0 heterocycles. The normalized spacial score (nSPS) is 19.5. The molecule has 8 N–H and O–H groups in total. The smallest absolute Gasteiger partial charge is 0.338 e. The van der Waals surface area contributed by atoms with Gasteiger partial charge in [-0.05, 0) is 13.8 Å². The van der Waals surface area contributed by atoms with E-state index in [4.69, 9.17) is 21.7 Å². The van der Waals surface area contributed by atoms with Crippen LogP contribution in [0.2, 0.25) is 0 Å². The average Bonchev–Trinajstić information content (AvgIpc) is 2.48. The molecule has 10 nitrogen and oxygen atoms in total. The second-order valence-electron chi connectivity index (χ2n) is 5.73. The van der Waals surface area contributed by atoms with Crippen molar-refractivity contribution in [3.8, 4) is 0 Å². The Morgan fingerprint density at radius 3 is 1.41 bits per heavy atom. The summed E-state index contributed by atoms with van der Waals surface area (Å²) in [6, 6.07) is 0. The second kappa shape index (κ2) is 8.36. The van der Waals surface area contributed by atoms with Gasteiger partial charge in [0.1, 0.15) is 13.2 Å². The summed E-state index contributed by atoms with van der Waals surface area (Å²) in [5.74, 6) is -2.60. The van der Waals surface area contributed by atoms with Crippen molar-refractivity contribution in [1.29, 1.82) is 0 Å². The molecule has 0 rings (SSSR count). The van der Waals surface area contributed by atoms with Crippen LogP contribution >= 0.6 is 0 Å². The Balaban J connectivity index is 4.43. The first-order valence-electron chi connectivity index (χ1n) is 6.44. The predicted octanol–water partition coefficient (Wildman–Crippen LogP) is -3.79. The molecule has 0 aromatic rings. The number of hydrogen-bond acceptors (Lipinski definition) is 10. The first-order chi connectivity index (χ1) is 9.95. The van der Waals surface area contributed by atoms with Crippen molar-refractivity contribution >= 4 is 11.9 Å². The third kappa shape index (κ3) is 7.11. The van der Waals surface area contributed by atoms with E-state index < -0.39 is 61.7 Å². The van der Waals surface area contributed by atoms with Gasteiger partial charge in [0.25, 0.3) is 0 Å². The fourth-order valence-electron chi connectivity index (χ4n) is 0.992. The molecule has 0 bridgehead atoms. The van der Waals surface area contributed by atoms with E-state index in [0.717, 1.165) is 0 Å². The minimum atomic E-state index is -2.18. The summed E-state index contributed by atoms with van der Waals surface area (Å²) in [4.78, 5) is 22.9. The molecule has 0 aliphatic heterocycles. The number of hydrogen-bond donors (Lipinski definition) is 6. The van der Waals surface area contributed by atoms with E-state index in [-0.39, 0.29) is 0 Å². The topological polar surface area (TPSA) is 186 Å². The summed E-state index contributed by atoms with van der Waals surface area (Å²) in [6.45, 7) is 0.996. The van der Waals surface area contributed by atoms with Crippen LogP contribution < -0.4 is 11.5 Å². The Kier molecular flexibility index (Phi) is 7.87. The lowest BCUT2D eigenvalue weighted by atomic mass is 10.1. The van der Waals surface area contributed by atoms with E-state index in [1.54, 1.807) is 0 Å². The molecule has 0 aromatic heterocycles. The lowest BCUT2D eigenvalue weighted by Crippen LogP contribution is -2.49. The highest BCUT2D eigenvalue weighted by atomic mass is 16.6. The van der Waals surface area contributed by atoms with Gasteiger partial charge in [0, 0.05) is 0 Å². The molecule has 0 aliphatic rings. The van der Waals surface area contributed by atoms with Crippen LogP contribution in [0.5, 0.6) is 0 Å². The van der Waals surface area contributed by atoms with Crippen LogP contribution in [-0.4, -0.2) is 82.1 Å². The summed E-state index contributed by atoms with van der Waals surface area (Å²) in [5, 5.41) is 36.8. The molecule has 22 heavy (non-hydrogen) atoms. The van der Waals surface area contributed by atoms with Gasteiger partial charge >= 0.3 is 11.9 Å². The zero-order valence-electron chi connectivity index (χ0n) is 12.6. The Morgan fingerprint density at radius 1 is 0.909 bits per heavy atom. The fraction of sp³-hybridized carbons (Fsp3) is 0.833. The number of rotatable bonds is 9. The van der Waals surface area contributed by atoms with Crippen LogP contribution in [0.1, 0.15) is 13.8 Å². The zero-order chi connectivity index (χ0) is 17.6. The molecular weight excluding hydrogens is 300 g/mol. The number of aliphatic hydroxyl groups is 4. The van der Waals surface area contributed by atoms with E-state index in [1.165, 1.54) is 13.8 Å². The number of nitrogens with two attached hydrogens (primary N) is 2. The lowest BCUT2D eigenvalue weighted by Gasteiger charge is -2.24. The van der Waals surface area contributed by atoms with Crippen molar-refractivity contribution in [3.63, 3.8) is 0 Å². The molecular formula is C12H24N2O8. The van der Waals surface area contributed by atoms with Crippen LogP contribution in [0.3, 0.4) is 0 Å². The molecule has 4 atom stereocenters. The first kappa shape index (κ1) is 20.7. The van der Waals surface area contributed by atoms with E-state index in [0.29, 0.717) is 0 Å². The van der Waals surface area contributed by atoms with Gasteiger partial charge in [0.2, 0.25) is 0 Å². The summed E-state index contributed by atoms with van der Waals surface area (Å²) < 4.78 is 9.18. The van der Waals surface area contributed by atoms with Crippen molar-refractivity contribution < 1.29 is 39.5 Å². The lowest BCUT2D eigenvalue weighted by molar-refractivity contribution is -0.175. The summed E-state index contributed by atoms with van der Waals surface area (Å²) >= 11 is 0. The fourth-order valence-corrected chi connectivity index (χ4v) is 0.992. The largest absolute Gasteiger partial charge is 0.462 e. The molecule has 0 spiro atoms.